The van der Waals surface area contributed by atoms with Gasteiger partial charge in [0.05, 0.1) is 5.92 Å². The second-order valence-corrected chi connectivity index (χ2v) is 3.88. The molecule has 0 saturated carbocycles. The zero-order valence-corrected chi connectivity index (χ0v) is 8.93. The normalized spacial score (nSPS) is 20.1. The SMILES string of the molecule is Cc1nc(C(=O)N2CCC(C(N)=O)C2)n[nH]1. The van der Waals surface area contributed by atoms with Crippen molar-refractivity contribution < 1.29 is 9.59 Å². The highest BCUT2D eigenvalue weighted by atomic mass is 16.2. The first-order valence-electron chi connectivity index (χ1n) is 5.05. The van der Waals surface area contributed by atoms with Crippen molar-refractivity contribution in [2.24, 2.45) is 11.7 Å². The third-order valence-electron chi connectivity index (χ3n) is 2.67. The Morgan fingerprint density at radius 1 is 1.56 bits per heavy atom. The van der Waals surface area contributed by atoms with Gasteiger partial charge in [0.25, 0.3) is 5.91 Å². The molecule has 7 nitrogen and oxygen atoms in total. The van der Waals surface area contributed by atoms with Gasteiger partial charge in [0.2, 0.25) is 11.7 Å². The maximum atomic E-state index is 11.9. The van der Waals surface area contributed by atoms with Gasteiger partial charge in [-0.15, -0.1) is 5.10 Å². The minimum absolute atomic E-state index is 0.141. The molecule has 0 aromatic carbocycles. The van der Waals surface area contributed by atoms with Crippen molar-refractivity contribution in [2.75, 3.05) is 13.1 Å². The summed E-state index contributed by atoms with van der Waals surface area (Å²) < 4.78 is 0. The molecule has 0 bridgehead atoms. The minimum atomic E-state index is -0.360. The summed E-state index contributed by atoms with van der Waals surface area (Å²) in [6.07, 6.45) is 0.616. The van der Waals surface area contributed by atoms with Crippen LogP contribution in [0.2, 0.25) is 0 Å². The molecule has 0 spiro atoms. The quantitative estimate of drug-likeness (QED) is 0.675. The maximum absolute atomic E-state index is 11.9. The molecule has 2 amide bonds. The Morgan fingerprint density at radius 2 is 2.31 bits per heavy atom. The molecular weight excluding hydrogens is 210 g/mol. The molecule has 0 radical (unpaired) electrons. The van der Waals surface area contributed by atoms with Gasteiger partial charge in [-0.25, -0.2) is 4.98 Å². The van der Waals surface area contributed by atoms with Crippen LogP contribution >= 0.6 is 0 Å². The smallest absolute Gasteiger partial charge is 0.293 e. The summed E-state index contributed by atoms with van der Waals surface area (Å²) >= 11 is 0. The van der Waals surface area contributed by atoms with Crippen LogP contribution in [0.15, 0.2) is 0 Å². The predicted octanol–water partition coefficient (Wildman–Crippen LogP) is -0.939. The predicted molar refractivity (Wildman–Crippen MR) is 54.3 cm³/mol. The maximum Gasteiger partial charge on any atom is 0.293 e. The number of nitrogens with zero attached hydrogens (tertiary/aromatic N) is 3. The van der Waals surface area contributed by atoms with Crippen LogP contribution in [0.4, 0.5) is 0 Å². The zero-order valence-electron chi connectivity index (χ0n) is 8.93. The number of primary amides is 1. The fraction of sp³-hybridized carbons (Fsp3) is 0.556. The van der Waals surface area contributed by atoms with Crippen LogP contribution in [-0.2, 0) is 4.79 Å². The zero-order chi connectivity index (χ0) is 11.7. The first-order chi connectivity index (χ1) is 7.58. The molecule has 2 heterocycles. The highest BCUT2D eigenvalue weighted by Crippen LogP contribution is 2.17. The van der Waals surface area contributed by atoms with E-state index in [0.717, 1.165) is 0 Å². The van der Waals surface area contributed by atoms with Crippen LogP contribution in [0.1, 0.15) is 22.9 Å². The van der Waals surface area contributed by atoms with Gasteiger partial charge in [-0.2, -0.15) is 0 Å². The second-order valence-electron chi connectivity index (χ2n) is 3.88. The lowest BCUT2D eigenvalue weighted by molar-refractivity contribution is -0.121. The van der Waals surface area contributed by atoms with Crippen LogP contribution in [-0.4, -0.2) is 45.0 Å². The molecule has 86 valence electrons. The van der Waals surface area contributed by atoms with Crippen molar-refractivity contribution >= 4 is 11.8 Å². The molecular formula is C9H13N5O2. The highest BCUT2D eigenvalue weighted by Gasteiger charge is 2.31. The number of nitrogens with two attached hydrogens (primary N) is 1. The van der Waals surface area contributed by atoms with Gasteiger partial charge in [-0.1, -0.05) is 0 Å². The number of aryl methyl sites for hydroxylation is 1. The molecule has 1 aliphatic rings. The molecule has 1 fully saturated rings. The third kappa shape index (κ3) is 1.88. The number of hydrogen-bond acceptors (Lipinski definition) is 4. The molecule has 1 aromatic heterocycles. The number of aromatic amines is 1. The monoisotopic (exact) mass is 223 g/mol. The summed E-state index contributed by atoms with van der Waals surface area (Å²) in [7, 11) is 0. The topological polar surface area (TPSA) is 105 Å². The number of H-pyrrole nitrogens is 1. The Morgan fingerprint density at radius 3 is 2.81 bits per heavy atom. The average molecular weight is 223 g/mol. The summed E-state index contributed by atoms with van der Waals surface area (Å²) in [6.45, 7) is 2.61. The fourth-order valence-corrected chi connectivity index (χ4v) is 1.76. The van der Waals surface area contributed by atoms with Crippen molar-refractivity contribution in [3.05, 3.63) is 11.6 Å². The van der Waals surface area contributed by atoms with Crippen LogP contribution in [0.5, 0.6) is 0 Å². The number of carbonyl (C=O) groups excluding carboxylic acids is 2. The van der Waals surface area contributed by atoms with Crippen LogP contribution < -0.4 is 5.73 Å². The van der Waals surface area contributed by atoms with Crippen molar-refractivity contribution in [1.82, 2.24) is 20.1 Å². The van der Waals surface area contributed by atoms with Gasteiger partial charge in [0.15, 0.2) is 0 Å². The van der Waals surface area contributed by atoms with E-state index in [-0.39, 0.29) is 23.6 Å². The van der Waals surface area contributed by atoms with E-state index < -0.39 is 0 Å². The number of hydrogen-bond donors (Lipinski definition) is 2. The highest BCUT2D eigenvalue weighted by molar-refractivity contribution is 5.91. The Balaban J connectivity index is 2.05. The van der Waals surface area contributed by atoms with E-state index >= 15 is 0 Å². The second kappa shape index (κ2) is 3.92. The number of carbonyl (C=O) groups is 2. The third-order valence-corrected chi connectivity index (χ3v) is 2.67. The molecule has 1 aromatic rings. The lowest BCUT2D eigenvalue weighted by atomic mass is 10.1. The molecule has 1 aliphatic heterocycles. The summed E-state index contributed by atoms with van der Waals surface area (Å²) in [5.74, 6) is -0.129. The average Bonchev–Trinajstić information content (AvgIpc) is 2.84. The van der Waals surface area contributed by atoms with Crippen molar-refractivity contribution in [3.8, 4) is 0 Å². The van der Waals surface area contributed by atoms with Gasteiger partial charge in [0.1, 0.15) is 5.82 Å². The fourth-order valence-electron chi connectivity index (χ4n) is 1.76. The molecule has 7 heteroatoms. The number of aromatic nitrogens is 3. The summed E-state index contributed by atoms with van der Waals surface area (Å²) in [4.78, 5) is 28.3. The minimum Gasteiger partial charge on any atom is -0.369 e. The molecule has 2 rings (SSSR count). The van der Waals surface area contributed by atoms with Crippen molar-refractivity contribution in [3.63, 3.8) is 0 Å². The van der Waals surface area contributed by atoms with Gasteiger partial charge >= 0.3 is 0 Å². The van der Waals surface area contributed by atoms with E-state index in [9.17, 15) is 9.59 Å². The van der Waals surface area contributed by atoms with E-state index in [4.69, 9.17) is 5.73 Å². The molecule has 3 N–H and O–H groups in total. The Hall–Kier alpha value is -1.92. The lowest BCUT2D eigenvalue weighted by Crippen LogP contribution is -2.32. The van der Waals surface area contributed by atoms with Crippen molar-refractivity contribution in [1.29, 1.82) is 0 Å². The summed E-state index contributed by atoms with van der Waals surface area (Å²) in [5, 5.41) is 6.39. The Kier molecular flexibility index (Phi) is 2.59. The standard InChI is InChI=1S/C9H13N5O2/c1-5-11-8(13-12-5)9(16)14-3-2-6(4-14)7(10)15/h6H,2-4H2,1H3,(H2,10,15)(H,11,12,13). The van der Waals surface area contributed by atoms with E-state index in [1.54, 1.807) is 11.8 Å². The van der Waals surface area contributed by atoms with Crippen LogP contribution in [0.25, 0.3) is 0 Å². The van der Waals surface area contributed by atoms with E-state index in [1.807, 2.05) is 0 Å². The van der Waals surface area contributed by atoms with Gasteiger partial charge in [-0.05, 0) is 13.3 Å². The lowest BCUT2D eigenvalue weighted by Gasteiger charge is -2.13. The molecule has 16 heavy (non-hydrogen) atoms. The number of likely N-dealkylation sites (tertiary alicyclic amines) is 1. The largest absolute Gasteiger partial charge is 0.369 e. The molecule has 0 aliphatic carbocycles. The molecule has 1 saturated heterocycles. The number of nitrogens with one attached hydrogen (secondary N) is 1. The van der Waals surface area contributed by atoms with Crippen LogP contribution in [0, 0.1) is 12.8 Å². The van der Waals surface area contributed by atoms with Gasteiger partial charge in [0, 0.05) is 13.1 Å². The molecule has 1 unspecified atom stereocenters. The Labute approximate surface area is 92.0 Å². The first-order valence-corrected chi connectivity index (χ1v) is 5.05. The van der Waals surface area contributed by atoms with Gasteiger partial charge in [-0.3, -0.25) is 14.7 Å². The van der Waals surface area contributed by atoms with Crippen LogP contribution in [0.3, 0.4) is 0 Å². The van der Waals surface area contributed by atoms with E-state index in [2.05, 4.69) is 15.2 Å². The van der Waals surface area contributed by atoms with E-state index in [0.29, 0.717) is 25.3 Å². The number of rotatable bonds is 2. The number of amides is 2. The van der Waals surface area contributed by atoms with Crippen molar-refractivity contribution in [2.45, 2.75) is 13.3 Å². The Bertz CT molecular complexity index is 427. The summed E-state index contributed by atoms with van der Waals surface area (Å²) in [6, 6.07) is 0. The summed E-state index contributed by atoms with van der Waals surface area (Å²) in [5.41, 5.74) is 5.19. The van der Waals surface area contributed by atoms with Gasteiger partial charge < -0.3 is 10.6 Å². The molecule has 1 atom stereocenters. The first kappa shape index (κ1) is 10.6. The van der Waals surface area contributed by atoms with E-state index in [1.165, 1.54) is 0 Å².